The maximum Gasteiger partial charge on any atom is 0.399 e. The van der Waals surface area contributed by atoms with E-state index in [4.69, 9.17) is 5.73 Å². The summed E-state index contributed by atoms with van der Waals surface area (Å²) in [6.45, 7) is 5.44. The Morgan fingerprint density at radius 2 is 2.06 bits per heavy atom. The molecule has 1 fully saturated rings. The van der Waals surface area contributed by atoms with Crippen LogP contribution in [0.25, 0.3) is 0 Å². The lowest BCUT2D eigenvalue weighted by atomic mass is 10.1. The lowest BCUT2D eigenvalue weighted by Crippen LogP contribution is -2.44. The first kappa shape index (κ1) is 16.0. The molecule has 18 heavy (non-hydrogen) atoms. The molecule has 0 spiro atoms. The summed E-state index contributed by atoms with van der Waals surface area (Å²) < 4.78 is 38.5. The monoisotopic (exact) mass is 300 g/mol. The van der Waals surface area contributed by atoms with Gasteiger partial charge in [-0.25, -0.2) is 0 Å². The van der Waals surface area contributed by atoms with Gasteiger partial charge in [0.2, 0.25) is 0 Å². The quantitative estimate of drug-likeness (QED) is 0.812. The normalized spacial score (nSPS) is 23.4. The van der Waals surface area contributed by atoms with Gasteiger partial charge >= 0.3 is 6.18 Å². The lowest BCUT2D eigenvalue weighted by Gasteiger charge is -2.27. The number of nitrogens with two attached hydrogens (primary N) is 1. The summed E-state index contributed by atoms with van der Waals surface area (Å²) in [5.41, 5.74) is 5.21. The van der Waals surface area contributed by atoms with Gasteiger partial charge in [0.1, 0.15) is 5.92 Å². The Kier molecular flexibility index (Phi) is 5.32. The van der Waals surface area contributed by atoms with Crippen LogP contribution in [0.15, 0.2) is 0 Å². The first-order chi connectivity index (χ1) is 8.12. The molecule has 0 aromatic rings. The van der Waals surface area contributed by atoms with Gasteiger partial charge in [0, 0.05) is 23.6 Å². The van der Waals surface area contributed by atoms with Crippen molar-refractivity contribution in [3.63, 3.8) is 0 Å². The molecule has 1 saturated heterocycles. The van der Waals surface area contributed by atoms with Crippen molar-refractivity contribution in [2.45, 2.75) is 31.2 Å². The van der Waals surface area contributed by atoms with Crippen LogP contribution in [0.2, 0.25) is 0 Å². The van der Waals surface area contributed by atoms with E-state index in [-0.39, 0.29) is 11.3 Å². The maximum atomic E-state index is 12.8. The molecule has 106 valence electrons. The molecule has 1 atom stereocenters. The van der Waals surface area contributed by atoms with Crippen molar-refractivity contribution in [1.82, 2.24) is 4.90 Å². The predicted octanol–water partition coefficient (Wildman–Crippen LogP) is 2.67. The van der Waals surface area contributed by atoms with Crippen molar-refractivity contribution in [2.24, 2.45) is 11.7 Å². The third-order valence-corrected chi connectivity index (χ3v) is 4.77. The van der Waals surface area contributed by atoms with E-state index in [0.717, 1.165) is 12.2 Å². The molecule has 1 aliphatic heterocycles. The molecule has 0 bridgehead atoms. The summed E-state index contributed by atoms with van der Waals surface area (Å²) in [6, 6.07) is 0. The largest absolute Gasteiger partial charge is 0.399 e. The summed E-state index contributed by atoms with van der Waals surface area (Å²) in [6.07, 6.45) is -3.47. The van der Waals surface area contributed by atoms with Crippen molar-refractivity contribution in [3.05, 3.63) is 0 Å². The molecular formula is C11H19F3N2S2. The maximum absolute atomic E-state index is 12.8. The summed E-state index contributed by atoms with van der Waals surface area (Å²) >= 11 is 6.34. The third kappa shape index (κ3) is 4.93. The molecule has 1 heterocycles. The van der Waals surface area contributed by atoms with E-state index in [1.54, 1.807) is 11.8 Å². The van der Waals surface area contributed by atoms with E-state index in [1.807, 2.05) is 4.90 Å². The molecule has 0 radical (unpaired) electrons. The van der Waals surface area contributed by atoms with Gasteiger partial charge in [0.25, 0.3) is 0 Å². The van der Waals surface area contributed by atoms with Crippen molar-refractivity contribution in [1.29, 1.82) is 0 Å². The second-order valence-electron chi connectivity index (χ2n) is 5.16. The number of hydrogen-bond donors (Lipinski definition) is 1. The summed E-state index contributed by atoms with van der Waals surface area (Å²) in [7, 11) is 0. The molecule has 0 aromatic heterocycles. The SMILES string of the molecule is CC1(C)CCN(CC(C(N)=S)C(F)(F)F)CCS1. The van der Waals surface area contributed by atoms with E-state index < -0.39 is 17.1 Å². The molecular weight excluding hydrogens is 281 g/mol. The van der Waals surface area contributed by atoms with Crippen LogP contribution in [0.4, 0.5) is 13.2 Å². The lowest BCUT2D eigenvalue weighted by molar-refractivity contribution is -0.159. The van der Waals surface area contributed by atoms with E-state index in [0.29, 0.717) is 13.1 Å². The summed E-state index contributed by atoms with van der Waals surface area (Å²) in [5, 5.41) is 0. The highest BCUT2D eigenvalue weighted by Gasteiger charge is 2.42. The fourth-order valence-electron chi connectivity index (χ4n) is 1.86. The zero-order chi connectivity index (χ0) is 14.0. The highest BCUT2D eigenvalue weighted by molar-refractivity contribution is 8.00. The average Bonchev–Trinajstić information content (AvgIpc) is 2.34. The molecule has 2 N–H and O–H groups in total. The predicted molar refractivity (Wildman–Crippen MR) is 73.9 cm³/mol. The molecule has 1 aliphatic rings. The summed E-state index contributed by atoms with van der Waals surface area (Å²) in [4.78, 5) is 1.36. The third-order valence-electron chi connectivity index (χ3n) is 3.11. The number of alkyl halides is 3. The Bertz CT molecular complexity index is 305. The highest BCUT2D eigenvalue weighted by Crippen LogP contribution is 2.32. The van der Waals surface area contributed by atoms with Gasteiger partial charge in [-0.1, -0.05) is 26.1 Å². The van der Waals surface area contributed by atoms with Gasteiger partial charge in [0.05, 0.1) is 4.99 Å². The fourth-order valence-corrected chi connectivity index (χ4v) is 3.20. The molecule has 0 aromatic carbocycles. The molecule has 7 heteroatoms. The van der Waals surface area contributed by atoms with Gasteiger partial charge < -0.3 is 10.6 Å². The van der Waals surface area contributed by atoms with E-state index in [2.05, 4.69) is 26.1 Å². The zero-order valence-electron chi connectivity index (χ0n) is 10.6. The van der Waals surface area contributed by atoms with E-state index in [1.165, 1.54) is 0 Å². The summed E-state index contributed by atoms with van der Waals surface area (Å²) in [5.74, 6) is -0.853. The fraction of sp³-hybridized carbons (Fsp3) is 0.909. The van der Waals surface area contributed by atoms with Crippen LogP contribution in [-0.4, -0.2) is 46.2 Å². The number of nitrogens with zero attached hydrogens (tertiary/aromatic N) is 1. The number of halogens is 3. The first-order valence-electron chi connectivity index (χ1n) is 5.84. The van der Waals surface area contributed by atoms with Crippen molar-refractivity contribution in [3.8, 4) is 0 Å². The first-order valence-corrected chi connectivity index (χ1v) is 7.23. The van der Waals surface area contributed by atoms with Crippen LogP contribution in [0.5, 0.6) is 0 Å². The molecule has 0 amide bonds. The zero-order valence-corrected chi connectivity index (χ0v) is 12.2. The topological polar surface area (TPSA) is 29.3 Å². The number of thioether (sulfide) groups is 1. The van der Waals surface area contributed by atoms with Crippen molar-refractivity contribution < 1.29 is 13.2 Å². The van der Waals surface area contributed by atoms with Gasteiger partial charge in [-0.3, -0.25) is 0 Å². The van der Waals surface area contributed by atoms with Gasteiger partial charge in [-0.2, -0.15) is 24.9 Å². The van der Waals surface area contributed by atoms with Crippen LogP contribution >= 0.6 is 24.0 Å². The number of rotatable bonds is 3. The molecule has 1 rings (SSSR count). The molecule has 0 saturated carbocycles. The van der Waals surface area contributed by atoms with E-state index in [9.17, 15) is 13.2 Å². The Morgan fingerprint density at radius 3 is 2.56 bits per heavy atom. The highest BCUT2D eigenvalue weighted by atomic mass is 32.2. The minimum Gasteiger partial charge on any atom is -0.393 e. The Balaban J connectivity index is 2.63. The molecule has 1 unspecified atom stereocenters. The second kappa shape index (κ2) is 5.96. The smallest absolute Gasteiger partial charge is 0.393 e. The van der Waals surface area contributed by atoms with Gasteiger partial charge in [0.15, 0.2) is 0 Å². The van der Waals surface area contributed by atoms with Crippen LogP contribution in [-0.2, 0) is 0 Å². The number of thiocarbonyl (C=S) groups is 1. The Hall–Kier alpha value is -0.0100. The van der Waals surface area contributed by atoms with Crippen LogP contribution < -0.4 is 5.73 Å². The van der Waals surface area contributed by atoms with E-state index >= 15 is 0 Å². The average molecular weight is 300 g/mol. The standard InChI is InChI=1S/C11H19F3N2S2/c1-10(2)3-4-16(5-6-18-10)7-8(9(15)17)11(12,13)14/h8H,3-7H2,1-2H3,(H2,15,17). The van der Waals surface area contributed by atoms with Gasteiger partial charge in [-0.15, -0.1) is 0 Å². The minimum atomic E-state index is -4.35. The Morgan fingerprint density at radius 1 is 1.44 bits per heavy atom. The number of hydrogen-bond acceptors (Lipinski definition) is 3. The van der Waals surface area contributed by atoms with Crippen LogP contribution in [0, 0.1) is 5.92 Å². The Labute approximate surface area is 115 Å². The van der Waals surface area contributed by atoms with Gasteiger partial charge in [-0.05, 0) is 13.0 Å². The second-order valence-corrected chi connectivity index (χ2v) is 7.43. The minimum absolute atomic E-state index is 0.116. The molecule has 0 aliphatic carbocycles. The van der Waals surface area contributed by atoms with Crippen LogP contribution in [0.3, 0.4) is 0 Å². The van der Waals surface area contributed by atoms with Crippen molar-refractivity contribution >= 4 is 29.0 Å². The van der Waals surface area contributed by atoms with Crippen molar-refractivity contribution in [2.75, 3.05) is 25.4 Å². The van der Waals surface area contributed by atoms with Crippen LogP contribution in [0.1, 0.15) is 20.3 Å². The molecule has 2 nitrogen and oxygen atoms in total.